The van der Waals surface area contributed by atoms with E-state index in [1.54, 1.807) is 36.4 Å². The van der Waals surface area contributed by atoms with Crippen LogP contribution < -0.4 is 5.73 Å². The van der Waals surface area contributed by atoms with E-state index in [0.717, 1.165) is 5.56 Å². The molecule has 0 fully saturated rings. The van der Waals surface area contributed by atoms with Gasteiger partial charge in [0.2, 0.25) is 0 Å². The molecular formula is C13H10Cl3NOS. The standard InChI is InChI=1S/C13H10Cl3NOS/c14-9-5-4-8(12(17)6-9)7-19(18)13-10(15)2-1-3-11(13)16/h1-6H,7,17H2. The number of hydrogen-bond donors (Lipinski definition) is 1. The maximum absolute atomic E-state index is 12.3. The lowest BCUT2D eigenvalue weighted by molar-refractivity contribution is 0.682. The molecule has 0 aliphatic rings. The van der Waals surface area contributed by atoms with Gasteiger partial charge in [-0.3, -0.25) is 4.21 Å². The first kappa shape index (κ1) is 14.7. The zero-order valence-electron chi connectivity index (χ0n) is 9.70. The number of benzene rings is 2. The lowest BCUT2D eigenvalue weighted by Gasteiger charge is -2.09. The van der Waals surface area contributed by atoms with Gasteiger partial charge in [0.05, 0.1) is 31.5 Å². The maximum atomic E-state index is 12.3. The predicted molar refractivity (Wildman–Crippen MR) is 82.4 cm³/mol. The second kappa shape index (κ2) is 6.14. The van der Waals surface area contributed by atoms with Crippen molar-refractivity contribution in [1.29, 1.82) is 0 Å². The molecule has 0 spiro atoms. The second-order valence-corrected chi connectivity index (χ2v) is 6.52. The highest BCUT2D eigenvalue weighted by Gasteiger charge is 2.14. The number of anilines is 1. The van der Waals surface area contributed by atoms with Crippen LogP contribution >= 0.6 is 34.8 Å². The maximum Gasteiger partial charge on any atom is 0.0763 e. The summed E-state index contributed by atoms with van der Waals surface area (Å²) >= 11 is 17.9. The van der Waals surface area contributed by atoms with E-state index in [2.05, 4.69) is 0 Å². The van der Waals surface area contributed by atoms with Gasteiger partial charge in [0.1, 0.15) is 0 Å². The van der Waals surface area contributed by atoms with Gasteiger partial charge in [0.15, 0.2) is 0 Å². The molecule has 1 atom stereocenters. The Bertz CT molecular complexity index is 626. The Morgan fingerprint density at radius 3 is 2.26 bits per heavy atom. The average Bonchev–Trinajstić information content (AvgIpc) is 2.32. The summed E-state index contributed by atoms with van der Waals surface area (Å²) in [6.45, 7) is 0. The fraction of sp³-hybridized carbons (Fsp3) is 0.0769. The summed E-state index contributed by atoms with van der Waals surface area (Å²) in [4.78, 5) is 0.431. The molecule has 0 amide bonds. The first-order chi connectivity index (χ1) is 8.99. The number of halogens is 3. The fourth-order valence-corrected chi connectivity index (χ4v) is 3.97. The predicted octanol–water partition coefficient (Wildman–Crippen LogP) is 4.54. The summed E-state index contributed by atoms with van der Waals surface area (Å²) < 4.78 is 12.3. The van der Waals surface area contributed by atoms with Crippen molar-refractivity contribution >= 4 is 51.3 Å². The van der Waals surface area contributed by atoms with Crippen molar-refractivity contribution in [3.05, 3.63) is 57.0 Å². The summed E-state index contributed by atoms with van der Waals surface area (Å²) in [7, 11) is -1.36. The molecule has 2 aromatic rings. The molecule has 0 aliphatic heterocycles. The van der Waals surface area contributed by atoms with Crippen molar-refractivity contribution in [2.24, 2.45) is 0 Å². The Morgan fingerprint density at radius 1 is 1.05 bits per heavy atom. The Kier molecular flexibility index (Phi) is 4.74. The Labute approximate surface area is 128 Å². The Morgan fingerprint density at radius 2 is 1.68 bits per heavy atom. The zero-order chi connectivity index (χ0) is 14.0. The highest BCUT2D eigenvalue weighted by Crippen LogP contribution is 2.30. The van der Waals surface area contributed by atoms with Gasteiger partial charge in [-0.1, -0.05) is 46.9 Å². The van der Waals surface area contributed by atoms with Crippen LogP contribution in [0.2, 0.25) is 15.1 Å². The van der Waals surface area contributed by atoms with E-state index in [1.807, 2.05) is 0 Å². The van der Waals surface area contributed by atoms with Gasteiger partial charge in [-0.25, -0.2) is 0 Å². The van der Waals surface area contributed by atoms with Crippen molar-refractivity contribution in [2.45, 2.75) is 10.6 Å². The topological polar surface area (TPSA) is 43.1 Å². The van der Waals surface area contributed by atoms with E-state index < -0.39 is 10.8 Å². The molecule has 1 unspecified atom stereocenters. The fourth-order valence-electron chi connectivity index (χ4n) is 1.61. The van der Waals surface area contributed by atoms with Crippen LogP contribution in [0.4, 0.5) is 5.69 Å². The van der Waals surface area contributed by atoms with Crippen LogP contribution in [0.25, 0.3) is 0 Å². The molecule has 100 valence electrons. The van der Waals surface area contributed by atoms with E-state index in [1.165, 1.54) is 0 Å². The first-order valence-electron chi connectivity index (χ1n) is 5.35. The molecular weight excluding hydrogens is 325 g/mol. The third kappa shape index (κ3) is 3.42. The second-order valence-electron chi connectivity index (χ2n) is 3.88. The quantitative estimate of drug-likeness (QED) is 0.838. The molecule has 0 bridgehead atoms. The third-order valence-corrected chi connectivity index (χ3v) is 5.10. The van der Waals surface area contributed by atoms with Crippen LogP contribution in [0.15, 0.2) is 41.3 Å². The number of hydrogen-bond acceptors (Lipinski definition) is 2. The van der Waals surface area contributed by atoms with Crippen LogP contribution in [0, 0.1) is 0 Å². The normalized spacial score (nSPS) is 12.4. The molecule has 2 nitrogen and oxygen atoms in total. The largest absolute Gasteiger partial charge is 0.398 e. The molecule has 0 aliphatic carbocycles. The minimum Gasteiger partial charge on any atom is -0.398 e. The van der Waals surface area contributed by atoms with Crippen LogP contribution in [-0.4, -0.2) is 4.21 Å². The van der Waals surface area contributed by atoms with Crippen LogP contribution in [0.1, 0.15) is 5.56 Å². The lowest BCUT2D eigenvalue weighted by atomic mass is 10.2. The van der Waals surface area contributed by atoms with Gasteiger partial charge in [-0.05, 0) is 29.8 Å². The minimum atomic E-state index is -1.36. The monoisotopic (exact) mass is 333 g/mol. The highest BCUT2D eigenvalue weighted by atomic mass is 35.5. The van der Waals surface area contributed by atoms with Crippen LogP contribution in [-0.2, 0) is 16.6 Å². The number of rotatable bonds is 3. The molecule has 0 aromatic heterocycles. The van der Waals surface area contributed by atoms with Crippen LogP contribution in [0.5, 0.6) is 0 Å². The highest BCUT2D eigenvalue weighted by molar-refractivity contribution is 7.84. The first-order valence-corrected chi connectivity index (χ1v) is 7.80. The average molecular weight is 335 g/mol. The van der Waals surface area contributed by atoms with Crippen molar-refractivity contribution in [3.8, 4) is 0 Å². The SMILES string of the molecule is Nc1cc(Cl)ccc1CS(=O)c1c(Cl)cccc1Cl. The third-order valence-electron chi connectivity index (χ3n) is 2.54. The summed E-state index contributed by atoms with van der Waals surface area (Å²) in [5.74, 6) is 0.243. The van der Waals surface area contributed by atoms with E-state index in [4.69, 9.17) is 40.5 Å². The summed E-state index contributed by atoms with van der Waals surface area (Å²) in [6, 6.07) is 10.1. The van der Waals surface area contributed by atoms with E-state index in [-0.39, 0.29) is 5.75 Å². The van der Waals surface area contributed by atoms with Crippen molar-refractivity contribution in [1.82, 2.24) is 0 Å². The molecule has 0 saturated heterocycles. The molecule has 0 radical (unpaired) electrons. The summed E-state index contributed by atoms with van der Waals surface area (Å²) in [5, 5.41) is 1.32. The molecule has 19 heavy (non-hydrogen) atoms. The van der Waals surface area contributed by atoms with Crippen molar-refractivity contribution in [3.63, 3.8) is 0 Å². The molecule has 2 aromatic carbocycles. The molecule has 2 N–H and O–H groups in total. The summed E-state index contributed by atoms with van der Waals surface area (Å²) in [5.41, 5.74) is 7.09. The van der Waals surface area contributed by atoms with Gasteiger partial charge < -0.3 is 5.73 Å². The Hall–Kier alpha value is -0.740. The van der Waals surface area contributed by atoms with Gasteiger partial charge >= 0.3 is 0 Å². The van der Waals surface area contributed by atoms with Crippen molar-refractivity contribution < 1.29 is 4.21 Å². The van der Waals surface area contributed by atoms with E-state index >= 15 is 0 Å². The van der Waals surface area contributed by atoms with Crippen LogP contribution in [0.3, 0.4) is 0 Å². The number of nitrogens with two attached hydrogens (primary N) is 1. The van der Waals surface area contributed by atoms with Crippen molar-refractivity contribution in [2.75, 3.05) is 5.73 Å². The van der Waals surface area contributed by atoms with Gasteiger partial charge in [-0.15, -0.1) is 0 Å². The minimum absolute atomic E-state index is 0.243. The van der Waals surface area contributed by atoms with Gasteiger partial charge in [0, 0.05) is 10.7 Å². The lowest BCUT2D eigenvalue weighted by Crippen LogP contribution is -2.01. The zero-order valence-corrected chi connectivity index (χ0v) is 12.8. The molecule has 6 heteroatoms. The molecule has 2 rings (SSSR count). The number of nitrogen functional groups attached to an aromatic ring is 1. The molecule has 0 saturated carbocycles. The van der Waals surface area contributed by atoms with E-state index in [0.29, 0.717) is 25.7 Å². The van der Waals surface area contributed by atoms with Gasteiger partial charge in [0.25, 0.3) is 0 Å². The smallest absolute Gasteiger partial charge is 0.0763 e. The molecule has 0 heterocycles. The van der Waals surface area contributed by atoms with E-state index in [9.17, 15) is 4.21 Å². The summed E-state index contributed by atoms with van der Waals surface area (Å²) in [6.07, 6.45) is 0. The Balaban J connectivity index is 2.31. The van der Waals surface area contributed by atoms with Gasteiger partial charge in [-0.2, -0.15) is 0 Å².